The summed E-state index contributed by atoms with van der Waals surface area (Å²) in [7, 11) is -3.09. The molecule has 1 atom stereocenters. The van der Waals surface area contributed by atoms with Gasteiger partial charge in [0, 0.05) is 5.69 Å². The van der Waals surface area contributed by atoms with Gasteiger partial charge in [-0.2, -0.15) is 5.10 Å². The van der Waals surface area contributed by atoms with E-state index in [9.17, 15) is 13.2 Å². The Morgan fingerprint density at radius 1 is 1.18 bits per heavy atom. The Morgan fingerprint density at radius 2 is 1.93 bits per heavy atom. The first kappa shape index (κ1) is 18.4. The summed E-state index contributed by atoms with van der Waals surface area (Å²) < 4.78 is 25.0. The van der Waals surface area contributed by atoms with Gasteiger partial charge in [0.15, 0.2) is 9.84 Å². The van der Waals surface area contributed by atoms with Gasteiger partial charge in [-0.3, -0.25) is 9.36 Å². The predicted octanol–water partition coefficient (Wildman–Crippen LogP) is 2.30. The lowest BCUT2D eigenvalue weighted by atomic mass is 10.1. The highest BCUT2D eigenvalue weighted by Gasteiger charge is 2.32. The number of benzene rings is 2. The number of hydrazone groups is 1. The Bertz CT molecular complexity index is 1160. The molecule has 0 bridgehead atoms. The Kier molecular flexibility index (Phi) is 4.72. The average Bonchev–Trinajstić information content (AvgIpc) is 3.29. The number of hydrogen-bond acceptors (Lipinski definition) is 5. The molecular formula is C20H20N4O3S. The molecule has 1 aliphatic heterocycles. The molecule has 0 unspecified atom stereocenters. The van der Waals surface area contributed by atoms with Gasteiger partial charge >= 0.3 is 0 Å². The van der Waals surface area contributed by atoms with Gasteiger partial charge in [0.25, 0.3) is 0 Å². The van der Waals surface area contributed by atoms with E-state index in [4.69, 9.17) is 0 Å². The van der Waals surface area contributed by atoms with E-state index in [2.05, 4.69) is 15.5 Å². The molecule has 3 aromatic rings. The van der Waals surface area contributed by atoms with Gasteiger partial charge in [0.1, 0.15) is 6.33 Å². The van der Waals surface area contributed by atoms with E-state index < -0.39 is 15.8 Å². The normalized spacial score (nSPS) is 19.0. The van der Waals surface area contributed by atoms with Crippen LogP contribution < -0.4 is 5.43 Å². The van der Waals surface area contributed by atoms with Crippen LogP contribution in [0.4, 0.5) is 0 Å². The second-order valence-corrected chi connectivity index (χ2v) is 9.15. The third-order valence-corrected chi connectivity index (χ3v) is 6.72. The van der Waals surface area contributed by atoms with Gasteiger partial charge in [-0.1, -0.05) is 24.3 Å². The third-order valence-electron chi connectivity index (χ3n) is 4.95. The lowest BCUT2D eigenvalue weighted by molar-refractivity contribution is -0.124. The predicted molar refractivity (Wildman–Crippen MR) is 108 cm³/mol. The smallest absolute Gasteiger partial charge is 0.244 e. The van der Waals surface area contributed by atoms with Crippen molar-refractivity contribution in [1.29, 1.82) is 0 Å². The summed E-state index contributed by atoms with van der Waals surface area (Å²) in [6.07, 6.45) is 2.15. The zero-order valence-electron chi connectivity index (χ0n) is 15.4. The number of rotatable bonds is 4. The molecule has 144 valence electrons. The Hall–Kier alpha value is -3.00. The summed E-state index contributed by atoms with van der Waals surface area (Å²) in [5, 5.41) is 4.13. The van der Waals surface area contributed by atoms with Crippen LogP contribution in [-0.4, -0.2) is 41.1 Å². The van der Waals surface area contributed by atoms with Crippen molar-refractivity contribution in [2.75, 3.05) is 11.5 Å². The number of imidazole rings is 1. The first-order valence-corrected chi connectivity index (χ1v) is 10.8. The summed E-state index contributed by atoms with van der Waals surface area (Å²) in [5.41, 5.74) is 6.95. The Morgan fingerprint density at radius 3 is 2.64 bits per heavy atom. The van der Waals surface area contributed by atoms with Crippen molar-refractivity contribution in [3.63, 3.8) is 0 Å². The number of aromatic nitrogens is 2. The van der Waals surface area contributed by atoms with Gasteiger partial charge in [-0.05, 0) is 43.2 Å². The molecule has 0 radical (unpaired) electrons. The zero-order chi connectivity index (χ0) is 19.7. The number of nitrogens with one attached hydrogen (secondary N) is 1. The van der Waals surface area contributed by atoms with Gasteiger partial charge in [0.2, 0.25) is 5.91 Å². The quantitative estimate of drug-likeness (QED) is 0.541. The van der Waals surface area contributed by atoms with Crippen LogP contribution in [0.15, 0.2) is 60.0 Å². The van der Waals surface area contributed by atoms with E-state index >= 15 is 0 Å². The van der Waals surface area contributed by atoms with E-state index in [1.165, 1.54) is 0 Å². The number of carbonyl (C=O) groups is 1. The maximum atomic E-state index is 12.1. The van der Waals surface area contributed by atoms with Crippen molar-refractivity contribution in [2.24, 2.45) is 11.0 Å². The van der Waals surface area contributed by atoms with Crippen LogP contribution in [0.3, 0.4) is 0 Å². The van der Waals surface area contributed by atoms with E-state index in [-0.39, 0.29) is 17.4 Å². The van der Waals surface area contributed by atoms with Gasteiger partial charge in [0.05, 0.1) is 34.2 Å². The molecule has 2 heterocycles. The lowest BCUT2D eigenvalue weighted by Crippen LogP contribution is -2.28. The minimum absolute atomic E-state index is 0.0676. The SMILES string of the molecule is C/C(=N/NC(=O)[C@@H]1CCS(=O)(=O)C1)c1ccc(-n2cnc3ccccc32)cc1. The average molecular weight is 396 g/mol. The maximum Gasteiger partial charge on any atom is 0.244 e. The molecule has 2 aromatic carbocycles. The molecule has 1 fully saturated rings. The van der Waals surface area contributed by atoms with Crippen molar-refractivity contribution in [3.8, 4) is 5.69 Å². The van der Waals surface area contributed by atoms with Crippen LogP contribution in [0.2, 0.25) is 0 Å². The van der Waals surface area contributed by atoms with Gasteiger partial charge in [-0.25, -0.2) is 18.8 Å². The molecule has 1 aliphatic rings. The second kappa shape index (κ2) is 7.20. The number of para-hydroxylation sites is 2. The maximum absolute atomic E-state index is 12.1. The van der Waals surface area contributed by atoms with Gasteiger partial charge in [-0.15, -0.1) is 0 Å². The van der Waals surface area contributed by atoms with Crippen molar-refractivity contribution < 1.29 is 13.2 Å². The minimum atomic E-state index is -3.09. The van der Waals surface area contributed by atoms with Crippen LogP contribution in [0.1, 0.15) is 18.9 Å². The zero-order valence-corrected chi connectivity index (χ0v) is 16.2. The number of hydrogen-bond donors (Lipinski definition) is 1. The van der Waals surface area contributed by atoms with Crippen LogP contribution in [0.5, 0.6) is 0 Å². The van der Waals surface area contributed by atoms with Crippen molar-refractivity contribution >= 4 is 32.5 Å². The third kappa shape index (κ3) is 3.68. The number of fused-ring (bicyclic) bond motifs is 1. The standard InChI is InChI=1S/C20H20N4O3S/c1-14(22-23-20(25)16-10-11-28(26,27)12-16)15-6-8-17(9-7-15)24-13-21-18-4-2-3-5-19(18)24/h2-9,13,16H,10-12H2,1H3,(H,23,25)/b22-14-/t16-/m1/s1. The van der Waals surface area contributed by atoms with Gasteiger partial charge < -0.3 is 0 Å². The summed E-state index contributed by atoms with van der Waals surface area (Å²) in [6, 6.07) is 15.7. The minimum Gasteiger partial charge on any atom is -0.299 e. The summed E-state index contributed by atoms with van der Waals surface area (Å²) in [5.74, 6) is -0.889. The largest absolute Gasteiger partial charge is 0.299 e. The topological polar surface area (TPSA) is 93.4 Å². The second-order valence-electron chi connectivity index (χ2n) is 6.92. The molecule has 4 rings (SSSR count). The van der Waals surface area contributed by atoms with E-state index in [0.29, 0.717) is 12.1 Å². The fraction of sp³-hybridized carbons (Fsp3) is 0.250. The summed E-state index contributed by atoms with van der Waals surface area (Å²) in [6.45, 7) is 1.80. The number of amides is 1. The number of sulfone groups is 1. The van der Waals surface area contributed by atoms with Crippen LogP contribution in [0, 0.1) is 5.92 Å². The molecule has 0 aliphatic carbocycles. The summed E-state index contributed by atoms with van der Waals surface area (Å²) >= 11 is 0. The first-order valence-electron chi connectivity index (χ1n) is 9.00. The molecule has 28 heavy (non-hydrogen) atoms. The van der Waals surface area contributed by atoms with Crippen molar-refractivity contribution in [3.05, 3.63) is 60.4 Å². The van der Waals surface area contributed by atoms with Crippen molar-refractivity contribution in [2.45, 2.75) is 13.3 Å². The molecule has 8 heteroatoms. The highest BCUT2D eigenvalue weighted by molar-refractivity contribution is 7.91. The Labute approximate surface area is 163 Å². The number of nitrogens with zero attached hydrogens (tertiary/aromatic N) is 3. The molecular weight excluding hydrogens is 376 g/mol. The molecule has 1 aromatic heterocycles. The lowest BCUT2D eigenvalue weighted by Gasteiger charge is -2.08. The van der Waals surface area contributed by atoms with E-state index in [0.717, 1.165) is 22.3 Å². The highest BCUT2D eigenvalue weighted by Crippen LogP contribution is 2.19. The molecule has 0 saturated carbocycles. The molecule has 1 saturated heterocycles. The van der Waals surface area contributed by atoms with Crippen LogP contribution in [-0.2, 0) is 14.6 Å². The first-order chi connectivity index (χ1) is 13.4. The fourth-order valence-corrected chi connectivity index (χ4v) is 5.07. The fourth-order valence-electron chi connectivity index (χ4n) is 3.32. The summed E-state index contributed by atoms with van der Waals surface area (Å²) in [4.78, 5) is 16.5. The van der Waals surface area contributed by atoms with Crippen LogP contribution >= 0.6 is 0 Å². The monoisotopic (exact) mass is 396 g/mol. The molecule has 7 nitrogen and oxygen atoms in total. The highest BCUT2D eigenvalue weighted by atomic mass is 32.2. The van der Waals surface area contributed by atoms with Crippen molar-refractivity contribution in [1.82, 2.24) is 15.0 Å². The van der Waals surface area contributed by atoms with E-state index in [1.807, 2.05) is 53.1 Å². The molecule has 1 amide bonds. The molecule has 1 N–H and O–H groups in total. The van der Waals surface area contributed by atoms with E-state index in [1.54, 1.807) is 13.3 Å². The number of carbonyl (C=O) groups excluding carboxylic acids is 1. The Balaban J connectivity index is 1.47. The van der Waals surface area contributed by atoms with Crippen LogP contribution in [0.25, 0.3) is 16.7 Å². The molecule has 0 spiro atoms.